The topological polar surface area (TPSA) is 22.1 Å². The average Bonchev–Trinajstić information content (AvgIpc) is 1.97. The Balaban J connectivity index is 3.04. The number of alkyl halides is 3. The molecule has 0 N–H and O–H groups in total. The molecule has 0 saturated carbocycles. The van der Waals surface area contributed by atoms with Crippen LogP contribution < -0.4 is 4.74 Å². The normalized spacial score (nSPS) is 11.6. The van der Waals surface area contributed by atoms with Crippen molar-refractivity contribution in [1.29, 1.82) is 0 Å². The van der Waals surface area contributed by atoms with Crippen LogP contribution >= 0.6 is 54.5 Å². The highest BCUT2D eigenvalue weighted by atomic mass is 127. The maximum Gasteiger partial charge on any atom is 0.573 e. The van der Waals surface area contributed by atoms with Crippen LogP contribution in [0.2, 0.25) is 0 Å². The van der Waals surface area contributed by atoms with E-state index in [1.807, 2.05) is 0 Å². The Morgan fingerprint density at radius 1 is 1.36 bits per heavy atom. The summed E-state index contributed by atoms with van der Waals surface area (Å²) >= 11 is 7.74. The zero-order chi connectivity index (χ0) is 10.9. The summed E-state index contributed by atoms with van der Waals surface area (Å²) < 4.78 is 40.3. The minimum Gasteiger partial charge on any atom is -0.403 e. The second-order valence-electron chi connectivity index (χ2n) is 2.10. The molecule has 0 unspecified atom stereocenters. The number of pyridine rings is 1. The van der Waals surface area contributed by atoms with Gasteiger partial charge in [-0.3, -0.25) is 0 Å². The van der Waals surface area contributed by atoms with Crippen LogP contribution in [0.4, 0.5) is 13.2 Å². The van der Waals surface area contributed by atoms with Crippen molar-refractivity contribution in [1.82, 2.24) is 4.98 Å². The summed E-state index contributed by atoms with van der Waals surface area (Å²) in [7, 11) is 0. The maximum absolute atomic E-state index is 11.9. The van der Waals surface area contributed by atoms with Crippen molar-refractivity contribution in [3.8, 4) is 5.75 Å². The molecule has 1 rings (SSSR count). The van der Waals surface area contributed by atoms with Gasteiger partial charge in [0.15, 0.2) is 5.75 Å². The molecule has 0 aromatic carbocycles. The zero-order valence-electron chi connectivity index (χ0n) is 6.20. The molecule has 1 aromatic rings. The molecular weight excluding hydrogens is 446 g/mol. The van der Waals surface area contributed by atoms with E-state index in [4.69, 9.17) is 0 Å². The molecule has 0 bridgehead atoms. The van der Waals surface area contributed by atoms with Gasteiger partial charge in [-0.15, -0.1) is 13.2 Å². The molecule has 0 spiro atoms. The Hall–Kier alpha value is 0.430. The van der Waals surface area contributed by atoms with Crippen LogP contribution in [-0.2, 0) is 0 Å². The fourth-order valence-electron chi connectivity index (χ4n) is 0.625. The van der Waals surface area contributed by atoms with Gasteiger partial charge in [-0.2, -0.15) is 0 Å². The van der Waals surface area contributed by atoms with E-state index in [-0.39, 0.29) is 9.45 Å². The predicted molar refractivity (Wildman–Crippen MR) is 59.0 cm³/mol. The molecule has 1 heterocycles. The molecule has 0 aliphatic heterocycles. The molecule has 0 aliphatic carbocycles. The molecule has 0 fully saturated rings. The molecule has 14 heavy (non-hydrogen) atoms. The minimum absolute atomic E-state index is 0.134. The highest BCUT2D eigenvalue weighted by molar-refractivity contribution is 14.1. The molecule has 0 saturated heterocycles. The monoisotopic (exact) mass is 445 g/mol. The summed E-state index contributed by atoms with van der Waals surface area (Å²) in [6.07, 6.45) is -4.70. The molecule has 0 amide bonds. The highest BCUT2D eigenvalue weighted by Crippen LogP contribution is 2.32. The van der Waals surface area contributed by atoms with Crippen molar-refractivity contribution < 1.29 is 17.9 Å². The van der Waals surface area contributed by atoms with Gasteiger partial charge in [0.05, 0.1) is 4.47 Å². The van der Waals surface area contributed by atoms with E-state index in [9.17, 15) is 13.2 Å². The molecule has 0 radical (unpaired) electrons. The first kappa shape index (κ1) is 12.5. The van der Waals surface area contributed by atoms with Crippen LogP contribution in [-0.4, -0.2) is 11.3 Å². The lowest BCUT2D eigenvalue weighted by Gasteiger charge is -2.10. The second-order valence-corrected chi connectivity index (χ2v) is 4.73. The van der Waals surface area contributed by atoms with Crippen LogP contribution in [0, 0.1) is 3.70 Å². The second kappa shape index (κ2) is 4.52. The summed E-state index contributed by atoms with van der Waals surface area (Å²) in [4.78, 5) is 3.79. The lowest BCUT2D eigenvalue weighted by molar-refractivity contribution is -0.275. The molecular formula is C6HBr2F3INO. The first-order chi connectivity index (χ1) is 6.29. The number of halogens is 6. The fraction of sp³-hybridized carbons (Fsp3) is 0.167. The third-order valence-electron chi connectivity index (χ3n) is 1.08. The van der Waals surface area contributed by atoms with E-state index in [2.05, 4.69) is 41.6 Å². The lowest BCUT2D eigenvalue weighted by atomic mass is 10.5. The van der Waals surface area contributed by atoms with E-state index in [0.717, 1.165) is 0 Å². The van der Waals surface area contributed by atoms with E-state index in [1.54, 1.807) is 22.6 Å². The Morgan fingerprint density at radius 3 is 2.43 bits per heavy atom. The first-order valence-electron chi connectivity index (χ1n) is 3.07. The Kier molecular flexibility index (Phi) is 4.03. The van der Waals surface area contributed by atoms with Crippen LogP contribution in [0.3, 0.4) is 0 Å². The van der Waals surface area contributed by atoms with E-state index < -0.39 is 6.36 Å². The van der Waals surface area contributed by atoms with Gasteiger partial charge >= 0.3 is 6.36 Å². The number of nitrogens with zero attached hydrogens (tertiary/aromatic N) is 1. The van der Waals surface area contributed by atoms with Gasteiger partial charge in [0.2, 0.25) is 0 Å². The number of rotatable bonds is 1. The molecule has 0 aliphatic rings. The first-order valence-corrected chi connectivity index (χ1v) is 5.73. The SMILES string of the molecule is FC(F)(F)Oc1cc(Br)c(Br)nc1I. The summed E-state index contributed by atoms with van der Waals surface area (Å²) in [6, 6.07) is 1.20. The number of hydrogen-bond acceptors (Lipinski definition) is 2. The minimum atomic E-state index is -4.70. The third kappa shape index (κ3) is 3.54. The van der Waals surface area contributed by atoms with Crippen molar-refractivity contribution in [2.45, 2.75) is 6.36 Å². The molecule has 0 atom stereocenters. The zero-order valence-corrected chi connectivity index (χ0v) is 11.5. The largest absolute Gasteiger partial charge is 0.573 e. The van der Waals surface area contributed by atoms with Crippen molar-refractivity contribution >= 4 is 54.5 Å². The van der Waals surface area contributed by atoms with Gasteiger partial charge < -0.3 is 4.74 Å². The summed E-state index contributed by atoms with van der Waals surface area (Å²) in [5.74, 6) is -0.326. The fourth-order valence-corrected chi connectivity index (χ4v) is 2.05. The molecule has 8 heteroatoms. The lowest BCUT2D eigenvalue weighted by Crippen LogP contribution is -2.18. The van der Waals surface area contributed by atoms with Crippen molar-refractivity contribution in [3.05, 3.63) is 18.8 Å². The summed E-state index contributed by atoms with van der Waals surface area (Å²) in [6.45, 7) is 0. The molecule has 78 valence electrons. The quantitative estimate of drug-likeness (QED) is 0.478. The summed E-state index contributed by atoms with van der Waals surface area (Å²) in [5, 5.41) is 0. The smallest absolute Gasteiger partial charge is 0.403 e. The van der Waals surface area contributed by atoms with Gasteiger partial charge in [0.25, 0.3) is 0 Å². The number of aromatic nitrogens is 1. The van der Waals surface area contributed by atoms with Crippen molar-refractivity contribution in [2.24, 2.45) is 0 Å². The van der Waals surface area contributed by atoms with E-state index >= 15 is 0 Å². The Labute approximate surface area is 108 Å². The van der Waals surface area contributed by atoms with Crippen LogP contribution in [0.15, 0.2) is 15.1 Å². The van der Waals surface area contributed by atoms with Gasteiger partial charge in [-0.1, -0.05) is 0 Å². The average molecular weight is 447 g/mol. The van der Waals surface area contributed by atoms with Crippen LogP contribution in [0.25, 0.3) is 0 Å². The van der Waals surface area contributed by atoms with Gasteiger partial charge in [0.1, 0.15) is 8.30 Å². The molecule has 1 aromatic heterocycles. The predicted octanol–water partition coefficient (Wildman–Crippen LogP) is 4.11. The third-order valence-corrected chi connectivity index (χ3v) is 3.59. The van der Waals surface area contributed by atoms with Crippen LogP contribution in [0.5, 0.6) is 5.75 Å². The van der Waals surface area contributed by atoms with Crippen molar-refractivity contribution in [3.63, 3.8) is 0 Å². The maximum atomic E-state index is 11.9. The van der Waals surface area contributed by atoms with Crippen LogP contribution in [0.1, 0.15) is 0 Å². The highest BCUT2D eigenvalue weighted by Gasteiger charge is 2.32. The molecule has 2 nitrogen and oxygen atoms in total. The Bertz CT molecular complexity index is 358. The Morgan fingerprint density at radius 2 is 1.93 bits per heavy atom. The van der Waals surface area contributed by atoms with Gasteiger partial charge in [-0.25, -0.2) is 4.98 Å². The number of ether oxygens (including phenoxy) is 1. The van der Waals surface area contributed by atoms with Crippen molar-refractivity contribution in [2.75, 3.05) is 0 Å². The number of hydrogen-bond donors (Lipinski definition) is 0. The van der Waals surface area contributed by atoms with Gasteiger partial charge in [0, 0.05) is 6.07 Å². The van der Waals surface area contributed by atoms with Gasteiger partial charge in [-0.05, 0) is 54.5 Å². The van der Waals surface area contributed by atoms with E-state index in [1.165, 1.54) is 6.07 Å². The standard InChI is InChI=1S/C6HBr2F3INO/c7-2-1-3(14-6(9,10)11)5(12)13-4(2)8/h1H. The van der Waals surface area contributed by atoms with E-state index in [0.29, 0.717) is 9.08 Å². The summed E-state index contributed by atoms with van der Waals surface area (Å²) in [5.41, 5.74) is 0.